The molecule has 1 saturated carbocycles. The van der Waals surface area contributed by atoms with Crippen molar-refractivity contribution in [1.29, 1.82) is 0 Å². The molecule has 0 aromatic carbocycles. The first-order valence-electron chi connectivity index (χ1n) is 6.51. The molecule has 0 amide bonds. The molecule has 1 N–H and O–H groups in total. The Morgan fingerprint density at radius 2 is 2.13 bits per heavy atom. The quantitative estimate of drug-likeness (QED) is 0.669. The van der Waals surface area contributed by atoms with Gasteiger partial charge in [0.25, 0.3) is 0 Å². The van der Waals surface area contributed by atoms with Crippen molar-refractivity contribution in [2.75, 3.05) is 20.2 Å². The highest BCUT2D eigenvalue weighted by atomic mass is 16.5. The molecule has 2 nitrogen and oxygen atoms in total. The zero-order valence-corrected chi connectivity index (χ0v) is 10.6. The molecule has 1 aliphatic rings. The van der Waals surface area contributed by atoms with Gasteiger partial charge in [0.05, 0.1) is 5.60 Å². The van der Waals surface area contributed by atoms with Crippen LogP contribution < -0.4 is 5.32 Å². The fourth-order valence-electron chi connectivity index (χ4n) is 2.29. The van der Waals surface area contributed by atoms with Gasteiger partial charge in [0.2, 0.25) is 0 Å². The minimum atomic E-state index is 0.241. The number of nitrogens with one attached hydrogen (secondary N) is 1. The highest BCUT2D eigenvalue weighted by Gasteiger charge is 2.37. The van der Waals surface area contributed by atoms with Crippen LogP contribution in [0.15, 0.2) is 0 Å². The van der Waals surface area contributed by atoms with Crippen LogP contribution in [0.1, 0.15) is 52.4 Å². The fraction of sp³-hybridized carbons (Fsp3) is 1.00. The van der Waals surface area contributed by atoms with E-state index in [9.17, 15) is 0 Å². The first kappa shape index (κ1) is 13.0. The van der Waals surface area contributed by atoms with Crippen molar-refractivity contribution in [3.8, 4) is 0 Å². The zero-order valence-electron chi connectivity index (χ0n) is 10.6. The third-order valence-corrected chi connectivity index (χ3v) is 3.55. The molecule has 90 valence electrons. The molecule has 1 unspecified atom stereocenters. The van der Waals surface area contributed by atoms with Crippen molar-refractivity contribution in [3.63, 3.8) is 0 Å². The number of rotatable bonds is 8. The lowest BCUT2D eigenvalue weighted by Gasteiger charge is -2.42. The van der Waals surface area contributed by atoms with Crippen LogP contribution >= 0.6 is 0 Å². The van der Waals surface area contributed by atoms with Crippen molar-refractivity contribution in [2.24, 2.45) is 5.92 Å². The molecule has 0 spiro atoms. The summed E-state index contributed by atoms with van der Waals surface area (Å²) in [6, 6.07) is 0. The molecule has 1 atom stereocenters. The molecule has 2 heteroatoms. The standard InChI is InChI=1S/C13H27NO/c1-4-6-12(2)11-15-13(7-5-8-13)9-10-14-3/h12,14H,4-11H2,1-3H3. The van der Waals surface area contributed by atoms with Crippen molar-refractivity contribution in [1.82, 2.24) is 5.32 Å². The number of ether oxygens (including phenoxy) is 1. The molecule has 15 heavy (non-hydrogen) atoms. The lowest BCUT2D eigenvalue weighted by molar-refractivity contribution is -0.114. The first-order valence-corrected chi connectivity index (χ1v) is 6.51. The number of hydrogen-bond acceptors (Lipinski definition) is 2. The Morgan fingerprint density at radius 1 is 1.40 bits per heavy atom. The van der Waals surface area contributed by atoms with Crippen molar-refractivity contribution in [3.05, 3.63) is 0 Å². The molecule has 1 fully saturated rings. The predicted octanol–water partition coefficient (Wildman–Crippen LogP) is 2.97. The number of hydrogen-bond donors (Lipinski definition) is 1. The van der Waals surface area contributed by atoms with Crippen molar-refractivity contribution < 1.29 is 4.74 Å². The third kappa shape index (κ3) is 4.12. The van der Waals surface area contributed by atoms with E-state index in [1.54, 1.807) is 0 Å². The monoisotopic (exact) mass is 213 g/mol. The van der Waals surface area contributed by atoms with Gasteiger partial charge in [-0.25, -0.2) is 0 Å². The lowest BCUT2D eigenvalue weighted by atomic mass is 9.77. The summed E-state index contributed by atoms with van der Waals surface area (Å²) in [4.78, 5) is 0. The maximum Gasteiger partial charge on any atom is 0.0694 e. The highest BCUT2D eigenvalue weighted by Crippen LogP contribution is 2.38. The largest absolute Gasteiger partial charge is 0.375 e. The Bertz CT molecular complexity index is 166. The Labute approximate surface area is 94.8 Å². The average molecular weight is 213 g/mol. The fourth-order valence-corrected chi connectivity index (χ4v) is 2.29. The maximum atomic E-state index is 6.14. The summed E-state index contributed by atoms with van der Waals surface area (Å²) in [5.41, 5.74) is 0.241. The first-order chi connectivity index (χ1) is 7.22. The Hall–Kier alpha value is -0.0800. The van der Waals surface area contributed by atoms with Crippen LogP contribution in [0.4, 0.5) is 0 Å². The van der Waals surface area contributed by atoms with Gasteiger partial charge in [-0.1, -0.05) is 20.3 Å². The van der Waals surface area contributed by atoms with Crippen LogP contribution in [0, 0.1) is 5.92 Å². The van der Waals surface area contributed by atoms with Crippen LogP contribution in [0.3, 0.4) is 0 Å². The van der Waals surface area contributed by atoms with E-state index in [1.807, 2.05) is 7.05 Å². The van der Waals surface area contributed by atoms with Crippen LogP contribution in [-0.4, -0.2) is 25.8 Å². The Balaban J connectivity index is 2.21. The summed E-state index contributed by atoms with van der Waals surface area (Å²) >= 11 is 0. The van der Waals surface area contributed by atoms with Gasteiger partial charge in [-0.05, 0) is 51.6 Å². The van der Waals surface area contributed by atoms with Gasteiger partial charge < -0.3 is 10.1 Å². The average Bonchev–Trinajstić information content (AvgIpc) is 2.16. The molecule has 0 aromatic rings. The summed E-state index contributed by atoms with van der Waals surface area (Å²) < 4.78 is 6.14. The van der Waals surface area contributed by atoms with Gasteiger partial charge in [0.1, 0.15) is 0 Å². The van der Waals surface area contributed by atoms with E-state index in [0.29, 0.717) is 0 Å². The van der Waals surface area contributed by atoms with E-state index in [1.165, 1.54) is 38.5 Å². The van der Waals surface area contributed by atoms with Gasteiger partial charge in [-0.2, -0.15) is 0 Å². The van der Waals surface area contributed by atoms with E-state index >= 15 is 0 Å². The van der Waals surface area contributed by atoms with Crippen LogP contribution in [0.5, 0.6) is 0 Å². The molecule has 0 aliphatic heterocycles. The molecular formula is C13H27NO. The van der Waals surface area contributed by atoms with E-state index in [-0.39, 0.29) is 5.60 Å². The summed E-state index contributed by atoms with van der Waals surface area (Å²) in [6.45, 7) is 6.59. The summed E-state index contributed by atoms with van der Waals surface area (Å²) in [5, 5.41) is 3.22. The highest BCUT2D eigenvalue weighted by molar-refractivity contribution is 4.90. The van der Waals surface area contributed by atoms with Crippen molar-refractivity contribution in [2.45, 2.75) is 58.0 Å². The second-order valence-electron chi connectivity index (χ2n) is 5.09. The normalized spacial score (nSPS) is 21.0. The predicted molar refractivity (Wildman–Crippen MR) is 65.1 cm³/mol. The molecule has 0 heterocycles. The zero-order chi connectivity index (χ0) is 11.1. The van der Waals surface area contributed by atoms with Gasteiger partial charge in [-0.15, -0.1) is 0 Å². The second-order valence-corrected chi connectivity index (χ2v) is 5.09. The molecule has 0 radical (unpaired) electrons. The molecule has 0 aromatic heterocycles. The minimum absolute atomic E-state index is 0.241. The smallest absolute Gasteiger partial charge is 0.0694 e. The molecule has 1 rings (SSSR count). The SMILES string of the molecule is CCCC(C)COC1(CCNC)CCC1. The molecule has 0 saturated heterocycles. The topological polar surface area (TPSA) is 21.3 Å². The van der Waals surface area contributed by atoms with E-state index in [4.69, 9.17) is 4.74 Å². The minimum Gasteiger partial charge on any atom is -0.375 e. The summed E-state index contributed by atoms with van der Waals surface area (Å²) in [6.07, 6.45) is 7.64. The van der Waals surface area contributed by atoms with Gasteiger partial charge >= 0.3 is 0 Å². The van der Waals surface area contributed by atoms with Crippen molar-refractivity contribution >= 4 is 0 Å². The van der Waals surface area contributed by atoms with E-state index in [2.05, 4.69) is 19.2 Å². The Morgan fingerprint density at radius 3 is 2.60 bits per heavy atom. The molecular weight excluding hydrogens is 186 g/mol. The van der Waals surface area contributed by atoms with Gasteiger partial charge in [0.15, 0.2) is 0 Å². The van der Waals surface area contributed by atoms with Crippen LogP contribution in [0.25, 0.3) is 0 Å². The molecule has 1 aliphatic carbocycles. The third-order valence-electron chi connectivity index (χ3n) is 3.55. The maximum absolute atomic E-state index is 6.14. The second kappa shape index (κ2) is 6.49. The summed E-state index contributed by atoms with van der Waals surface area (Å²) in [7, 11) is 2.02. The van der Waals surface area contributed by atoms with Crippen LogP contribution in [0.2, 0.25) is 0 Å². The van der Waals surface area contributed by atoms with Gasteiger partial charge in [-0.3, -0.25) is 0 Å². The van der Waals surface area contributed by atoms with Crippen LogP contribution in [-0.2, 0) is 4.74 Å². The van der Waals surface area contributed by atoms with E-state index < -0.39 is 0 Å². The lowest BCUT2D eigenvalue weighted by Crippen LogP contribution is -2.43. The molecule has 0 bridgehead atoms. The summed E-state index contributed by atoms with van der Waals surface area (Å²) in [5.74, 6) is 0.724. The van der Waals surface area contributed by atoms with Gasteiger partial charge in [0, 0.05) is 6.61 Å². The Kier molecular flexibility index (Phi) is 5.62. The van der Waals surface area contributed by atoms with E-state index in [0.717, 1.165) is 19.1 Å².